The Hall–Kier alpha value is -2.21. The fourth-order valence-electron chi connectivity index (χ4n) is 1.36. The lowest BCUT2D eigenvalue weighted by Crippen LogP contribution is -2.00. The molecule has 0 saturated carbocycles. The maximum Gasteiger partial charge on any atom is 0.337 e. The summed E-state index contributed by atoms with van der Waals surface area (Å²) in [4.78, 5) is 14.6. The number of ether oxygens (including phenoxy) is 1. The summed E-state index contributed by atoms with van der Waals surface area (Å²) in [7, 11) is 0. The van der Waals surface area contributed by atoms with Gasteiger partial charge in [-0.1, -0.05) is 11.6 Å². The van der Waals surface area contributed by atoms with E-state index in [0.29, 0.717) is 6.07 Å². The van der Waals surface area contributed by atoms with E-state index in [0.717, 1.165) is 12.1 Å². The van der Waals surface area contributed by atoms with Gasteiger partial charge in [-0.05, 0) is 6.07 Å². The number of benzene rings is 1. The maximum atomic E-state index is 13.0. The highest BCUT2D eigenvalue weighted by atomic mass is 35.5. The highest BCUT2D eigenvalue weighted by Crippen LogP contribution is 2.30. The van der Waals surface area contributed by atoms with Crippen LogP contribution in [0.15, 0.2) is 30.5 Å². The number of carbonyl (C=O) groups is 1. The van der Waals surface area contributed by atoms with Crippen molar-refractivity contribution >= 4 is 17.6 Å². The summed E-state index contributed by atoms with van der Waals surface area (Å²) in [6.45, 7) is 0. The summed E-state index contributed by atoms with van der Waals surface area (Å²) in [5.41, 5.74) is -0.219. The molecule has 2 aromatic rings. The molecule has 0 spiro atoms. The predicted molar refractivity (Wildman–Crippen MR) is 62.6 cm³/mol. The monoisotopic (exact) mass is 285 g/mol. The van der Waals surface area contributed by atoms with Crippen LogP contribution in [0.5, 0.6) is 11.6 Å². The third-order valence-corrected chi connectivity index (χ3v) is 2.50. The van der Waals surface area contributed by atoms with E-state index < -0.39 is 17.6 Å². The Labute approximate surface area is 111 Å². The molecule has 0 saturated heterocycles. The van der Waals surface area contributed by atoms with Crippen LogP contribution in [-0.4, -0.2) is 16.1 Å². The number of rotatable bonds is 3. The highest BCUT2D eigenvalue weighted by molar-refractivity contribution is 6.34. The topological polar surface area (TPSA) is 59.4 Å². The SMILES string of the molecule is O=C(O)c1ccnc(Oc2cc(F)cc(F)c2)c1Cl. The van der Waals surface area contributed by atoms with Crippen molar-refractivity contribution in [3.8, 4) is 11.6 Å². The molecule has 0 aliphatic rings. The quantitative estimate of drug-likeness (QED) is 0.937. The summed E-state index contributed by atoms with van der Waals surface area (Å²) in [6, 6.07) is 3.71. The van der Waals surface area contributed by atoms with E-state index in [4.69, 9.17) is 21.4 Å². The number of pyridine rings is 1. The van der Waals surface area contributed by atoms with Crippen molar-refractivity contribution in [2.75, 3.05) is 0 Å². The number of aromatic carboxylic acids is 1. The van der Waals surface area contributed by atoms with Crippen molar-refractivity contribution in [3.05, 3.63) is 52.7 Å². The Bertz CT molecular complexity index is 629. The zero-order valence-corrected chi connectivity index (χ0v) is 9.99. The number of nitrogens with zero attached hydrogens (tertiary/aromatic N) is 1. The van der Waals surface area contributed by atoms with Gasteiger partial charge in [0.05, 0.1) is 5.56 Å². The summed E-state index contributed by atoms with van der Waals surface area (Å²) in [6.07, 6.45) is 1.17. The van der Waals surface area contributed by atoms with Crippen molar-refractivity contribution < 1.29 is 23.4 Å². The van der Waals surface area contributed by atoms with E-state index >= 15 is 0 Å². The van der Waals surface area contributed by atoms with E-state index in [1.807, 2.05) is 0 Å². The maximum absolute atomic E-state index is 13.0. The molecule has 0 amide bonds. The number of hydrogen-bond donors (Lipinski definition) is 1. The van der Waals surface area contributed by atoms with E-state index in [2.05, 4.69) is 4.98 Å². The van der Waals surface area contributed by atoms with Gasteiger partial charge in [-0.25, -0.2) is 18.6 Å². The van der Waals surface area contributed by atoms with E-state index in [9.17, 15) is 13.6 Å². The lowest BCUT2D eigenvalue weighted by atomic mass is 10.2. The molecule has 0 radical (unpaired) electrons. The van der Waals surface area contributed by atoms with Crippen molar-refractivity contribution in [3.63, 3.8) is 0 Å². The molecule has 0 aliphatic carbocycles. The minimum atomic E-state index is -1.26. The van der Waals surface area contributed by atoms with Gasteiger partial charge in [-0.3, -0.25) is 0 Å². The van der Waals surface area contributed by atoms with Crippen LogP contribution in [-0.2, 0) is 0 Å². The summed E-state index contributed by atoms with van der Waals surface area (Å²) < 4.78 is 31.0. The van der Waals surface area contributed by atoms with Crippen LogP contribution in [0.2, 0.25) is 5.02 Å². The molecule has 0 bridgehead atoms. The van der Waals surface area contributed by atoms with Gasteiger partial charge in [0.2, 0.25) is 5.88 Å². The van der Waals surface area contributed by atoms with Gasteiger partial charge < -0.3 is 9.84 Å². The Morgan fingerprint density at radius 1 is 1.26 bits per heavy atom. The van der Waals surface area contributed by atoms with Gasteiger partial charge in [0.25, 0.3) is 0 Å². The van der Waals surface area contributed by atoms with Crippen LogP contribution < -0.4 is 4.74 Å². The standard InChI is InChI=1S/C12H6ClF2NO3/c13-10-9(12(17)18)1-2-16-11(10)19-8-4-6(14)3-7(15)5-8/h1-5H,(H,17,18). The fraction of sp³-hybridized carbons (Fsp3) is 0. The van der Waals surface area contributed by atoms with Gasteiger partial charge in [-0.2, -0.15) is 0 Å². The van der Waals surface area contributed by atoms with Crippen LogP contribution in [0.1, 0.15) is 10.4 Å². The second-order valence-electron chi connectivity index (χ2n) is 3.49. The fourth-order valence-corrected chi connectivity index (χ4v) is 1.59. The molecular formula is C12H6ClF2NO3. The lowest BCUT2D eigenvalue weighted by molar-refractivity contribution is 0.0696. The van der Waals surface area contributed by atoms with Crippen molar-refractivity contribution in [2.45, 2.75) is 0 Å². The van der Waals surface area contributed by atoms with Gasteiger partial charge in [0, 0.05) is 24.4 Å². The molecule has 0 atom stereocenters. The zero-order chi connectivity index (χ0) is 14.0. The van der Waals surface area contributed by atoms with Crippen LogP contribution >= 0.6 is 11.6 Å². The number of carboxylic acids is 1. The molecule has 1 aromatic carbocycles. The number of hydrogen-bond acceptors (Lipinski definition) is 3. The van der Waals surface area contributed by atoms with Gasteiger partial charge in [0.15, 0.2) is 0 Å². The van der Waals surface area contributed by atoms with E-state index in [-0.39, 0.29) is 22.2 Å². The van der Waals surface area contributed by atoms with E-state index in [1.54, 1.807) is 0 Å². The molecule has 19 heavy (non-hydrogen) atoms. The van der Waals surface area contributed by atoms with Gasteiger partial charge in [0.1, 0.15) is 22.4 Å². The third-order valence-electron chi connectivity index (χ3n) is 2.14. The Balaban J connectivity index is 2.38. The number of halogens is 3. The molecule has 1 aromatic heterocycles. The summed E-state index contributed by atoms with van der Waals surface area (Å²) in [5.74, 6) is -3.34. The smallest absolute Gasteiger partial charge is 0.337 e. The minimum absolute atomic E-state index is 0.172. The Morgan fingerprint density at radius 3 is 2.47 bits per heavy atom. The molecule has 7 heteroatoms. The second-order valence-corrected chi connectivity index (χ2v) is 3.87. The van der Waals surface area contributed by atoms with Crippen molar-refractivity contribution in [2.24, 2.45) is 0 Å². The van der Waals surface area contributed by atoms with Crippen LogP contribution in [0, 0.1) is 11.6 Å². The normalized spacial score (nSPS) is 10.3. The summed E-state index contributed by atoms with van der Waals surface area (Å²) in [5, 5.41) is 8.61. The molecule has 98 valence electrons. The first-order chi connectivity index (χ1) is 8.97. The molecule has 4 nitrogen and oxygen atoms in total. The minimum Gasteiger partial charge on any atom is -0.478 e. The van der Waals surface area contributed by atoms with Crippen LogP contribution in [0.25, 0.3) is 0 Å². The average Bonchev–Trinajstić information content (AvgIpc) is 2.30. The molecular weight excluding hydrogens is 280 g/mol. The van der Waals surface area contributed by atoms with Crippen LogP contribution in [0.3, 0.4) is 0 Å². The van der Waals surface area contributed by atoms with Crippen molar-refractivity contribution in [1.82, 2.24) is 4.98 Å². The third kappa shape index (κ3) is 2.97. The predicted octanol–water partition coefficient (Wildman–Crippen LogP) is 3.50. The molecule has 0 unspecified atom stereocenters. The largest absolute Gasteiger partial charge is 0.478 e. The molecule has 1 heterocycles. The second kappa shape index (κ2) is 5.19. The first kappa shape index (κ1) is 13.2. The van der Waals surface area contributed by atoms with Gasteiger partial charge >= 0.3 is 5.97 Å². The Kier molecular flexibility index (Phi) is 3.62. The number of carboxylic acid groups (broad SMARTS) is 1. The highest BCUT2D eigenvalue weighted by Gasteiger charge is 2.15. The average molecular weight is 286 g/mol. The number of aromatic nitrogens is 1. The van der Waals surface area contributed by atoms with Crippen LogP contribution in [0.4, 0.5) is 8.78 Å². The first-order valence-corrected chi connectivity index (χ1v) is 5.37. The molecule has 1 N–H and O–H groups in total. The molecule has 2 rings (SSSR count). The molecule has 0 aliphatic heterocycles. The lowest BCUT2D eigenvalue weighted by Gasteiger charge is -2.08. The summed E-state index contributed by atoms with van der Waals surface area (Å²) >= 11 is 5.78. The zero-order valence-electron chi connectivity index (χ0n) is 9.23. The Morgan fingerprint density at radius 2 is 1.89 bits per heavy atom. The van der Waals surface area contributed by atoms with Gasteiger partial charge in [-0.15, -0.1) is 0 Å². The first-order valence-electron chi connectivity index (χ1n) is 4.99. The molecule has 0 fully saturated rings. The van der Waals surface area contributed by atoms with E-state index in [1.165, 1.54) is 12.3 Å². The van der Waals surface area contributed by atoms with Crippen molar-refractivity contribution in [1.29, 1.82) is 0 Å².